The van der Waals surface area contributed by atoms with Crippen molar-refractivity contribution in [2.24, 2.45) is 4.99 Å². The Hall–Kier alpha value is -0.570. The summed E-state index contributed by atoms with van der Waals surface area (Å²) in [5.74, 6) is 0.917. The molecule has 0 fully saturated rings. The van der Waals surface area contributed by atoms with Gasteiger partial charge in [0, 0.05) is 6.42 Å². The van der Waals surface area contributed by atoms with Crippen molar-refractivity contribution in [3.05, 3.63) is 0 Å². The summed E-state index contributed by atoms with van der Waals surface area (Å²) in [5, 5.41) is 0. The fourth-order valence-electron chi connectivity index (χ4n) is 0.593. The van der Waals surface area contributed by atoms with E-state index >= 15 is 0 Å². The van der Waals surface area contributed by atoms with Crippen LogP contribution in [0.2, 0.25) is 0 Å². The highest BCUT2D eigenvalue weighted by atomic mass is 16.5. The highest BCUT2D eigenvalue weighted by Gasteiger charge is 2.01. The normalized spacial score (nSPS) is 16.4. The van der Waals surface area contributed by atoms with Crippen LogP contribution in [0.1, 0.15) is 13.3 Å². The maximum absolute atomic E-state index is 5.05. The summed E-state index contributed by atoms with van der Waals surface area (Å²) >= 11 is 0. The van der Waals surface area contributed by atoms with Crippen molar-refractivity contribution in [2.45, 2.75) is 13.3 Å². The van der Waals surface area contributed by atoms with Crippen LogP contribution in [0.4, 0.5) is 0 Å². The van der Waals surface area contributed by atoms with E-state index in [0.29, 0.717) is 0 Å². The van der Waals surface area contributed by atoms with E-state index in [1.54, 1.807) is 0 Å². The topological polar surface area (TPSA) is 53.1 Å². The Morgan fingerprint density at radius 3 is 2.75 bits per heavy atom. The molecule has 0 spiro atoms. The van der Waals surface area contributed by atoms with E-state index in [1.165, 1.54) is 0 Å². The van der Waals surface area contributed by atoms with Crippen LogP contribution in [0, 0.1) is 0 Å². The molecular formula is C5H11NO2. The molecule has 0 aromatic rings. The van der Waals surface area contributed by atoms with Crippen molar-refractivity contribution in [2.75, 3.05) is 13.2 Å². The summed E-state index contributed by atoms with van der Waals surface area (Å²) in [5.41, 5.74) is 0. The number of nitrogens with zero attached hydrogens (tertiary/aromatic N) is 1. The molecule has 2 N–H and O–H groups in total. The maximum atomic E-state index is 5.05. The molecule has 1 rings (SSSR count). The predicted octanol–water partition coefficient (Wildman–Crippen LogP) is 0.000400. The smallest absolute Gasteiger partial charge is 0.183 e. The lowest BCUT2D eigenvalue weighted by atomic mass is 10.5. The molecule has 0 radical (unpaired) electrons. The summed E-state index contributed by atoms with van der Waals surface area (Å²) in [6.45, 7) is 3.70. The first kappa shape index (κ1) is 7.43. The molecule has 0 amide bonds. The molecule has 0 bridgehead atoms. The zero-order valence-corrected chi connectivity index (χ0v) is 4.98. The van der Waals surface area contributed by atoms with Gasteiger partial charge in [0.1, 0.15) is 6.61 Å². The fraction of sp³-hybridized carbons (Fsp3) is 0.800. The predicted molar refractivity (Wildman–Crippen MR) is 32.2 cm³/mol. The lowest BCUT2D eigenvalue weighted by molar-refractivity contribution is 0.340. The highest BCUT2D eigenvalue weighted by Crippen LogP contribution is 1.95. The highest BCUT2D eigenvalue weighted by molar-refractivity contribution is 5.76. The first-order valence-corrected chi connectivity index (χ1v) is 2.59. The van der Waals surface area contributed by atoms with E-state index in [0.717, 1.165) is 25.5 Å². The van der Waals surface area contributed by atoms with Crippen molar-refractivity contribution in [1.82, 2.24) is 0 Å². The first-order valence-electron chi connectivity index (χ1n) is 2.59. The monoisotopic (exact) mass is 117 g/mol. The fourth-order valence-corrected chi connectivity index (χ4v) is 0.593. The third kappa shape index (κ3) is 1.50. The van der Waals surface area contributed by atoms with Gasteiger partial charge in [0.2, 0.25) is 0 Å². The molecule has 0 saturated carbocycles. The van der Waals surface area contributed by atoms with Crippen LogP contribution in [-0.4, -0.2) is 24.5 Å². The minimum Gasteiger partial charge on any atom is -0.479 e. The van der Waals surface area contributed by atoms with Gasteiger partial charge >= 0.3 is 0 Å². The Balaban J connectivity index is 0.000000490. The Morgan fingerprint density at radius 2 is 2.50 bits per heavy atom. The molecule has 0 aromatic carbocycles. The molecule has 48 valence electrons. The average molecular weight is 117 g/mol. The van der Waals surface area contributed by atoms with Gasteiger partial charge in [0.15, 0.2) is 5.90 Å². The van der Waals surface area contributed by atoms with E-state index in [4.69, 9.17) is 4.74 Å². The standard InChI is InChI=1S/C5H9NO.H2O/c1-2-5-6-3-4-7-5;/h2-4H2,1H3;1H2. The van der Waals surface area contributed by atoms with Crippen LogP contribution < -0.4 is 0 Å². The number of hydrogen-bond acceptors (Lipinski definition) is 2. The van der Waals surface area contributed by atoms with E-state index in [2.05, 4.69) is 4.99 Å². The van der Waals surface area contributed by atoms with Crippen LogP contribution >= 0.6 is 0 Å². The van der Waals surface area contributed by atoms with Gasteiger partial charge in [-0.25, -0.2) is 0 Å². The van der Waals surface area contributed by atoms with Crippen LogP contribution in [0.3, 0.4) is 0 Å². The lowest BCUT2D eigenvalue weighted by Gasteiger charge is -1.91. The van der Waals surface area contributed by atoms with Gasteiger partial charge < -0.3 is 10.2 Å². The molecule has 1 aliphatic rings. The van der Waals surface area contributed by atoms with Gasteiger partial charge in [-0.05, 0) is 0 Å². The van der Waals surface area contributed by atoms with Crippen molar-refractivity contribution >= 4 is 5.90 Å². The van der Waals surface area contributed by atoms with Gasteiger partial charge in [-0.1, -0.05) is 6.92 Å². The molecule has 0 aromatic heterocycles. The molecule has 0 atom stereocenters. The Kier molecular flexibility index (Phi) is 3.19. The molecule has 1 aliphatic heterocycles. The number of rotatable bonds is 1. The third-order valence-electron chi connectivity index (χ3n) is 0.951. The molecule has 3 heteroatoms. The molecule has 0 unspecified atom stereocenters. The zero-order valence-electron chi connectivity index (χ0n) is 4.98. The van der Waals surface area contributed by atoms with Crippen LogP contribution in [0.25, 0.3) is 0 Å². The van der Waals surface area contributed by atoms with Crippen LogP contribution in [0.15, 0.2) is 4.99 Å². The van der Waals surface area contributed by atoms with Gasteiger partial charge in [0.05, 0.1) is 6.54 Å². The number of ether oxygens (including phenoxy) is 1. The van der Waals surface area contributed by atoms with E-state index < -0.39 is 0 Å². The molecule has 8 heavy (non-hydrogen) atoms. The molecule has 0 saturated heterocycles. The van der Waals surface area contributed by atoms with Gasteiger partial charge in [-0.15, -0.1) is 0 Å². The van der Waals surface area contributed by atoms with Crippen LogP contribution in [0.5, 0.6) is 0 Å². The van der Waals surface area contributed by atoms with Gasteiger partial charge in [0.25, 0.3) is 0 Å². The van der Waals surface area contributed by atoms with E-state index in [-0.39, 0.29) is 5.48 Å². The van der Waals surface area contributed by atoms with Crippen molar-refractivity contribution in [1.29, 1.82) is 0 Å². The summed E-state index contributed by atoms with van der Waals surface area (Å²) in [6, 6.07) is 0. The quantitative estimate of drug-likeness (QED) is 0.477. The van der Waals surface area contributed by atoms with Crippen LogP contribution in [-0.2, 0) is 4.74 Å². The third-order valence-corrected chi connectivity index (χ3v) is 0.951. The van der Waals surface area contributed by atoms with E-state index in [1.807, 2.05) is 6.92 Å². The molecule has 1 heterocycles. The first-order chi connectivity index (χ1) is 3.43. The SMILES string of the molecule is CCC1=NCCO1.O. The Labute approximate surface area is 48.7 Å². The molecule has 0 aliphatic carbocycles. The summed E-state index contributed by atoms with van der Waals surface area (Å²) in [7, 11) is 0. The van der Waals surface area contributed by atoms with Gasteiger partial charge in [-0.3, -0.25) is 4.99 Å². The second kappa shape index (κ2) is 3.43. The zero-order chi connectivity index (χ0) is 5.11. The van der Waals surface area contributed by atoms with Crippen molar-refractivity contribution < 1.29 is 10.2 Å². The summed E-state index contributed by atoms with van der Waals surface area (Å²) in [6.07, 6.45) is 0.944. The Bertz CT molecular complexity index is 90.4. The van der Waals surface area contributed by atoms with Crippen molar-refractivity contribution in [3.63, 3.8) is 0 Å². The second-order valence-corrected chi connectivity index (χ2v) is 1.48. The number of aliphatic imine (C=N–C) groups is 1. The van der Waals surface area contributed by atoms with Crippen molar-refractivity contribution in [3.8, 4) is 0 Å². The van der Waals surface area contributed by atoms with Gasteiger partial charge in [-0.2, -0.15) is 0 Å². The molecular weight excluding hydrogens is 106 g/mol. The number of hydrogen-bond donors (Lipinski definition) is 0. The summed E-state index contributed by atoms with van der Waals surface area (Å²) < 4.78 is 5.05. The maximum Gasteiger partial charge on any atom is 0.183 e. The minimum atomic E-state index is 0. The van der Waals surface area contributed by atoms with E-state index in [9.17, 15) is 0 Å². The largest absolute Gasteiger partial charge is 0.479 e. The molecule has 3 nitrogen and oxygen atoms in total. The summed E-state index contributed by atoms with van der Waals surface area (Å²) in [4.78, 5) is 4.05. The average Bonchev–Trinajstić information content (AvgIpc) is 2.14. The Morgan fingerprint density at radius 1 is 1.75 bits per heavy atom. The lowest BCUT2D eigenvalue weighted by Crippen LogP contribution is -1.94. The minimum absolute atomic E-state index is 0. The second-order valence-electron chi connectivity index (χ2n) is 1.48.